The lowest BCUT2D eigenvalue weighted by atomic mass is 10.1. The normalized spacial score (nSPS) is 25.2. The summed E-state index contributed by atoms with van der Waals surface area (Å²) in [6, 6.07) is 17.5. The fraction of sp³-hybridized carbons (Fsp3) is 0.250. The maximum atomic E-state index is 12.7. The number of aromatic hydroxyl groups is 1. The maximum Gasteiger partial charge on any atom is 0.338 e. The van der Waals surface area contributed by atoms with Crippen molar-refractivity contribution in [2.75, 3.05) is 6.61 Å². The number of carbonyl (C=O) groups excluding carboxylic acids is 2. The fourth-order valence-electron chi connectivity index (χ4n) is 4.22. The summed E-state index contributed by atoms with van der Waals surface area (Å²) in [5.74, 6) is -1.34. The number of nitrogens with zero attached hydrogens (tertiary/aromatic N) is 2. The highest BCUT2D eigenvalue weighted by molar-refractivity contribution is 5.90. The summed E-state index contributed by atoms with van der Waals surface area (Å²) in [5.41, 5.74) is 0.222. The van der Waals surface area contributed by atoms with Gasteiger partial charge in [0.05, 0.1) is 29.2 Å². The lowest BCUT2D eigenvalue weighted by Gasteiger charge is -2.24. The Bertz CT molecular complexity index is 1230. The van der Waals surface area contributed by atoms with Crippen molar-refractivity contribution >= 4 is 11.9 Å². The third kappa shape index (κ3) is 4.10. The largest absolute Gasteiger partial charge is 0.480 e. The van der Waals surface area contributed by atoms with Crippen LogP contribution in [0.4, 0.5) is 0 Å². The number of esters is 2. The highest BCUT2D eigenvalue weighted by Gasteiger charge is 2.67. The molecule has 0 amide bonds. The standard InChI is InChI=1S/C24H20N2O7/c27-17-11-12-26(24(30)25-17)19-18-20(33-23(29)15-9-5-2-6-10-15)16(32-21(18)19)13-31-22(28)14-7-3-1-4-8-14/h1-12,16,18-21H,13H2,(H,25,27,30)/t16-,18?,19+,20?,21?/m0/s1. The van der Waals surface area contributed by atoms with Crippen LogP contribution in [0.15, 0.2) is 77.7 Å². The van der Waals surface area contributed by atoms with Gasteiger partial charge < -0.3 is 19.3 Å². The van der Waals surface area contributed by atoms with E-state index in [-0.39, 0.29) is 18.6 Å². The zero-order chi connectivity index (χ0) is 22.9. The van der Waals surface area contributed by atoms with Crippen LogP contribution in [-0.2, 0) is 14.2 Å². The minimum absolute atomic E-state index is 0.103. The van der Waals surface area contributed by atoms with Crippen LogP contribution in [0.5, 0.6) is 6.01 Å². The number of hydrogen-bond acceptors (Lipinski definition) is 8. The van der Waals surface area contributed by atoms with Crippen molar-refractivity contribution in [2.24, 2.45) is 5.92 Å². The predicted octanol–water partition coefficient (Wildman–Crippen LogP) is 1.97. The van der Waals surface area contributed by atoms with E-state index >= 15 is 0 Å². The molecule has 1 aromatic heterocycles. The van der Waals surface area contributed by atoms with Crippen molar-refractivity contribution in [1.82, 2.24) is 9.55 Å². The number of hydrogen-bond donors (Lipinski definition) is 1. The highest BCUT2D eigenvalue weighted by atomic mass is 16.6. The van der Waals surface area contributed by atoms with E-state index in [1.165, 1.54) is 16.8 Å². The number of fused-ring (bicyclic) bond motifs is 1. The fourth-order valence-corrected chi connectivity index (χ4v) is 4.22. The van der Waals surface area contributed by atoms with Crippen LogP contribution in [0.25, 0.3) is 0 Å². The summed E-state index contributed by atoms with van der Waals surface area (Å²) in [6.45, 7) is -0.103. The van der Waals surface area contributed by atoms with E-state index in [1.54, 1.807) is 60.7 Å². The molecule has 2 heterocycles. The van der Waals surface area contributed by atoms with Crippen LogP contribution in [0.2, 0.25) is 0 Å². The van der Waals surface area contributed by atoms with Crippen molar-refractivity contribution in [3.05, 3.63) is 94.4 Å². The van der Waals surface area contributed by atoms with E-state index in [1.807, 2.05) is 0 Å². The third-order valence-corrected chi connectivity index (χ3v) is 5.83. The molecule has 1 saturated carbocycles. The van der Waals surface area contributed by atoms with Crippen LogP contribution in [-0.4, -0.2) is 51.5 Å². The van der Waals surface area contributed by atoms with E-state index in [9.17, 15) is 19.5 Å². The van der Waals surface area contributed by atoms with Gasteiger partial charge in [-0.25, -0.2) is 9.59 Å². The topological polar surface area (TPSA) is 117 Å². The molecular weight excluding hydrogens is 428 g/mol. The van der Waals surface area contributed by atoms with E-state index in [2.05, 4.69) is 4.98 Å². The Morgan fingerprint density at radius 3 is 2.24 bits per heavy atom. The molecule has 1 aliphatic carbocycles. The first kappa shape index (κ1) is 20.9. The second kappa shape index (κ2) is 8.51. The van der Waals surface area contributed by atoms with Crippen LogP contribution >= 0.6 is 0 Å². The van der Waals surface area contributed by atoms with Crippen molar-refractivity contribution in [3.8, 4) is 6.01 Å². The molecule has 5 rings (SSSR count). The molecule has 168 valence electrons. The number of aromatic nitrogens is 2. The van der Waals surface area contributed by atoms with Crippen LogP contribution in [0.3, 0.4) is 0 Å². The molecule has 2 aromatic carbocycles. The summed E-state index contributed by atoms with van der Waals surface area (Å²) >= 11 is 0. The smallest absolute Gasteiger partial charge is 0.338 e. The van der Waals surface area contributed by atoms with E-state index in [4.69, 9.17) is 14.2 Å². The van der Waals surface area contributed by atoms with Gasteiger partial charge in [-0.05, 0) is 24.3 Å². The molecular formula is C24H20N2O7. The molecule has 9 heteroatoms. The molecule has 0 radical (unpaired) electrons. The molecule has 33 heavy (non-hydrogen) atoms. The second-order valence-corrected chi connectivity index (χ2v) is 7.88. The van der Waals surface area contributed by atoms with E-state index in [0.29, 0.717) is 11.1 Å². The molecule has 0 bridgehead atoms. The maximum absolute atomic E-state index is 12.7. The van der Waals surface area contributed by atoms with Crippen molar-refractivity contribution in [2.45, 2.75) is 24.4 Å². The Hall–Kier alpha value is -3.98. The molecule has 0 spiro atoms. The van der Waals surface area contributed by atoms with Gasteiger partial charge in [0.25, 0.3) is 11.6 Å². The first-order valence-electron chi connectivity index (χ1n) is 10.4. The molecule has 1 N–H and O–H groups in total. The molecule has 3 aromatic rings. The molecule has 2 fully saturated rings. The van der Waals surface area contributed by atoms with Crippen LogP contribution in [0.1, 0.15) is 26.8 Å². The van der Waals surface area contributed by atoms with Gasteiger partial charge in [0.2, 0.25) is 0 Å². The van der Waals surface area contributed by atoms with Crippen LogP contribution in [0, 0.1) is 5.92 Å². The van der Waals surface area contributed by atoms with Crippen LogP contribution < -0.4 is 5.56 Å². The lowest BCUT2D eigenvalue weighted by molar-refractivity contribution is -0.0565. The van der Waals surface area contributed by atoms with Gasteiger partial charge in [-0.15, -0.1) is 0 Å². The summed E-state index contributed by atoms with van der Waals surface area (Å²) in [4.78, 5) is 40.0. The highest BCUT2D eigenvalue weighted by Crippen LogP contribution is 2.56. The Balaban J connectivity index is 1.33. The predicted molar refractivity (Wildman–Crippen MR) is 114 cm³/mol. The Morgan fingerprint density at radius 2 is 1.61 bits per heavy atom. The monoisotopic (exact) mass is 448 g/mol. The van der Waals surface area contributed by atoms with Gasteiger partial charge in [0.15, 0.2) is 0 Å². The number of ether oxygens (including phenoxy) is 3. The quantitative estimate of drug-likeness (QED) is 0.569. The zero-order valence-corrected chi connectivity index (χ0v) is 17.3. The Labute approximate surface area is 188 Å². The summed E-state index contributed by atoms with van der Waals surface area (Å²) < 4.78 is 18.7. The number of rotatable bonds is 6. The molecule has 2 aliphatic rings. The zero-order valence-electron chi connectivity index (χ0n) is 17.3. The molecule has 3 unspecified atom stereocenters. The molecule has 1 aliphatic heterocycles. The van der Waals surface area contributed by atoms with Gasteiger partial charge in [-0.3, -0.25) is 9.36 Å². The van der Waals surface area contributed by atoms with Gasteiger partial charge in [0, 0.05) is 12.3 Å². The van der Waals surface area contributed by atoms with Gasteiger partial charge >= 0.3 is 11.9 Å². The first-order valence-corrected chi connectivity index (χ1v) is 10.4. The average molecular weight is 448 g/mol. The summed E-state index contributed by atoms with van der Waals surface area (Å²) in [5, 5.41) is 10.1. The number of carbonyl (C=O) groups is 2. The minimum Gasteiger partial charge on any atom is -0.480 e. The summed E-state index contributed by atoms with van der Waals surface area (Å²) in [6.07, 6.45) is -0.368. The van der Waals surface area contributed by atoms with Crippen molar-refractivity contribution in [1.29, 1.82) is 0 Å². The average Bonchev–Trinajstić information content (AvgIpc) is 3.42. The Kier molecular flexibility index (Phi) is 5.39. The van der Waals surface area contributed by atoms with Gasteiger partial charge in [-0.2, -0.15) is 4.98 Å². The first-order chi connectivity index (χ1) is 16.0. The minimum atomic E-state index is -0.727. The number of benzene rings is 2. The molecule has 5 atom stereocenters. The Morgan fingerprint density at radius 1 is 0.970 bits per heavy atom. The lowest BCUT2D eigenvalue weighted by Crippen LogP contribution is -2.37. The van der Waals surface area contributed by atoms with E-state index < -0.39 is 41.8 Å². The van der Waals surface area contributed by atoms with Gasteiger partial charge in [0.1, 0.15) is 18.8 Å². The third-order valence-electron chi connectivity index (χ3n) is 5.83. The molecule has 9 nitrogen and oxygen atoms in total. The SMILES string of the molecule is O=C(OC[C@@H]1OC2C(C1OC(=O)c1ccccc1)[C@H]2n1ccc(=O)nc1O)c1ccccc1. The summed E-state index contributed by atoms with van der Waals surface area (Å²) in [7, 11) is 0. The van der Waals surface area contributed by atoms with Gasteiger partial charge in [-0.1, -0.05) is 36.4 Å². The second-order valence-electron chi connectivity index (χ2n) is 7.88. The van der Waals surface area contributed by atoms with E-state index in [0.717, 1.165) is 0 Å². The molecule has 1 saturated heterocycles. The van der Waals surface area contributed by atoms with Crippen molar-refractivity contribution in [3.63, 3.8) is 0 Å². The van der Waals surface area contributed by atoms with Crippen molar-refractivity contribution < 1.29 is 28.9 Å².